The summed E-state index contributed by atoms with van der Waals surface area (Å²) < 4.78 is 58.5. The predicted molar refractivity (Wildman–Crippen MR) is 62.4 cm³/mol. The highest BCUT2D eigenvalue weighted by atomic mass is 32.2. The van der Waals surface area contributed by atoms with Crippen LogP contribution in [0.3, 0.4) is 0 Å². The molecule has 0 atom stereocenters. The number of sulfonamides is 1. The molecule has 0 saturated heterocycles. The molecule has 1 aromatic heterocycles. The van der Waals surface area contributed by atoms with Crippen molar-refractivity contribution in [2.45, 2.75) is 18.2 Å². The fraction of sp³-hybridized carbons (Fsp3) is 0.500. The summed E-state index contributed by atoms with van der Waals surface area (Å²) in [5, 5.41) is 8.69. The van der Waals surface area contributed by atoms with Gasteiger partial charge in [0.05, 0.1) is 6.61 Å². The van der Waals surface area contributed by atoms with Gasteiger partial charge >= 0.3 is 5.97 Å². The Morgan fingerprint density at radius 1 is 1.55 bits per heavy atom. The van der Waals surface area contributed by atoms with Gasteiger partial charge in [-0.25, -0.2) is 26.7 Å². The van der Waals surface area contributed by atoms with E-state index in [0.29, 0.717) is 0 Å². The maximum atomic E-state index is 11.8. The lowest BCUT2D eigenvalue weighted by Crippen LogP contribution is -2.28. The number of hydrogen-bond acceptors (Lipinski definition) is 5. The van der Waals surface area contributed by atoms with Crippen LogP contribution < -0.4 is 4.72 Å². The number of ether oxygens (including phenoxy) is 1. The summed E-state index contributed by atoms with van der Waals surface area (Å²) in [5.74, 6) is -1.98. The van der Waals surface area contributed by atoms with Gasteiger partial charge < -0.3 is 14.3 Å². The Balaban J connectivity index is 2.63. The highest BCUT2D eigenvalue weighted by molar-refractivity contribution is 7.89. The maximum Gasteiger partial charge on any atom is 0.371 e. The van der Waals surface area contributed by atoms with Crippen molar-refractivity contribution in [1.29, 1.82) is 0 Å². The Hall–Kier alpha value is -1.52. The van der Waals surface area contributed by atoms with Crippen molar-refractivity contribution in [3.63, 3.8) is 0 Å². The molecule has 1 rings (SSSR count). The first kappa shape index (κ1) is 16.5. The van der Waals surface area contributed by atoms with Crippen LogP contribution in [0.15, 0.2) is 15.4 Å². The molecule has 20 heavy (non-hydrogen) atoms. The SMILES string of the molecule is Cc1oc(C(=O)O)cc1S(=O)(=O)NCCOCC(F)F. The fourth-order valence-corrected chi connectivity index (χ4v) is 2.53. The van der Waals surface area contributed by atoms with E-state index >= 15 is 0 Å². The number of rotatable bonds is 8. The molecule has 0 unspecified atom stereocenters. The zero-order chi connectivity index (χ0) is 15.3. The van der Waals surface area contributed by atoms with Gasteiger partial charge in [0.2, 0.25) is 15.8 Å². The van der Waals surface area contributed by atoms with E-state index in [4.69, 9.17) is 9.52 Å². The molecular weight excluding hydrogens is 300 g/mol. The predicted octanol–water partition coefficient (Wildman–Crippen LogP) is 0.846. The number of carboxylic acids is 1. The maximum absolute atomic E-state index is 11.8. The molecule has 1 aromatic rings. The number of aryl methyl sites for hydroxylation is 1. The second-order valence-electron chi connectivity index (χ2n) is 3.70. The molecule has 0 aliphatic rings. The number of nitrogens with one attached hydrogen (secondary N) is 1. The largest absolute Gasteiger partial charge is 0.475 e. The topological polar surface area (TPSA) is 106 Å². The van der Waals surface area contributed by atoms with Gasteiger partial charge in [-0.05, 0) is 6.92 Å². The summed E-state index contributed by atoms with van der Waals surface area (Å²) in [7, 11) is -3.98. The number of furan rings is 1. The second kappa shape index (κ2) is 6.77. The number of carboxylic acid groups (broad SMARTS) is 1. The van der Waals surface area contributed by atoms with E-state index in [1.165, 1.54) is 6.92 Å². The molecule has 0 aromatic carbocycles. The van der Waals surface area contributed by atoms with Crippen molar-refractivity contribution in [3.8, 4) is 0 Å². The van der Waals surface area contributed by atoms with Crippen LogP contribution in [0.25, 0.3) is 0 Å². The van der Waals surface area contributed by atoms with E-state index in [1.54, 1.807) is 0 Å². The molecule has 0 aliphatic heterocycles. The minimum atomic E-state index is -3.98. The summed E-state index contributed by atoms with van der Waals surface area (Å²) in [6, 6.07) is 0.875. The van der Waals surface area contributed by atoms with Gasteiger partial charge in [-0.3, -0.25) is 0 Å². The molecular formula is C10H13F2NO6S. The minimum Gasteiger partial charge on any atom is -0.475 e. The molecule has 114 valence electrons. The smallest absolute Gasteiger partial charge is 0.371 e. The first-order chi connectivity index (χ1) is 9.24. The molecule has 0 radical (unpaired) electrons. The van der Waals surface area contributed by atoms with Crippen LogP contribution in [-0.2, 0) is 14.8 Å². The highest BCUT2D eigenvalue weighted by Crippen LogP contribution is 2.19. The van der Waals surface area contributed by atoms with Gasteiger partial charge in [-0.15, -0.1) is 0 Å². The molecule has 10 heteroatoms. The molecule has 0 aliphatic carbocycles. The Kier molecular flexibility index (Phi) is 5.60. The van der Waals surface area contributed by atoms with Crippen LogP contribution in [0.4, 0.5) is 8.78 Å². The molecule has 2 N–H and O–H groups in total. The van der Waals surface area contributed by atoms with Crippen molar-refractivity contribution in [2.24, 2.45) is 0 Å². The number of carbonyl (C=O) groups is 1. The molecule has 1 heterocycles. The number of aromatic carboxylic acids is 1. The Morgan fingerprint density at radius 2 is 2.20 bits per heavy atom. The van der Waals surface area contributed by atoms with Crippen LogP contribution in [-0.4, -0.2) is 45.7 Å². The Bertz CT molecular complexity index is 568. The van der Waals surface area contributed by atoms with Crippen molar-refractivity contribution in [3.05, 3.63) is 17.6 Å². The zero-order valence-electron chi connectivity index (χ0n) is 10.4. The lowest BCUT2D eigenvalue weighted by molar-refractivity contribution is 0.0199. The molecule has 0 saturated carbocycles. The minimum absolute atomic E-state index is 0.0802. The normalized spacial score (nSPS) is 12.0. The molecule has 0 spiro atoms. The Labute approximate surface area is 113 Å². The van der Waals surface area contributed by atoms with E-state index in [2.05, 4.69) is 9.46 Å². The average Bonchev–Trinajstić information content (AvgIpc) is 2.71. The third-order valence-electron chi connectivity index (χ3n) is 2.15. The van der Waals surface area contributed by atoms with Crippen molar-refractivity contribution < 1.29 is 36.3 Å². The monoisotopic (exact) mass is 313 g/mol. The van der Waals surface area contributed by atoms with Crippen LogP contribution in [0.1, 0.15) is 16.3 Å². The first-order valence-corrected chi connectivity index (χ1v) is 6.91. The summed E-state index contributed by atoms with van der Waals surface area (Å²) in [4.78, 5) is 10.3. The van der Waals surface area contributed by atoms with E-state index < -0.39 is 34.8 Å². The van der Waals surface area contributed by atoms with Gasteiger partial charge in [0.25, 0.3) is 6.43 Å². The van der Waals surface area contributed by atoms with Crippen molar-refractivity contribution >= 4 is 16.0 Å². The van der Waals surface area contributed by atoms with Crippen molar-refractivity contribution in [2.75, 3.05) is 19.8 Å². The lowest BCUT2D eigenvalue weighted by Gasteiger charge is -2.06. The fourth-order valence-electron chi connectivity index (χ4n) is 1.34. The third kappa shape index (κ3) is 4.54. The summed E-state index contributed by atoms with van der Waals surface area (Å²) in [6.07, 6.45) is -2.62. The Morgan fingerprint density at radius 3 is 2.70 bits per heavy atom. The van der Waals surface area contributed by atoms with Gasteiger partial charge in [0.1, 0.15) is 17.3 Å². The van der Waals surface area contributed by atoms with E-state index in [-0.39, 0.29) is 23.8 Å². The van der Waals surface area contributed by atoms with E-state index in [1.807, 2.05) is 0 Å². The quantitative estimate of drug-likeness (QED) is 0.689. The third-order valence-corrected chi connectivity index (χ3v) is 3.72. The average molecular weight is 313 g/mol. The summed E-state index contributed by atoms with van der Waals surface area (Å²) in [6.45, 7) is 0.0677. The van der Waals surface area contributed by atoms with Crippen LogP contribution in [0.5, 0.6) is 0 Å². The number of alkyl halides is 2. The van der Waals surface area contributed by atoms with Gasteiger partial charge in [0.15, 0.2) is 0 Å². The number of halogens is 2. The lowest BCUT2D eigenvalue weighted by atomic mass is 10.4. The van der Waals surface area contributed by atoms with Gasteiger partial charge in [-0.1, -0.05) is 0 Å². The molecule has 0 fully saturated rings. The standard InChI is InChI=1S/C10H13F2NO6S/c1-6-8(4-7(19-6)10(14)15)20(16,17)13-2-3-18-5-9(11)12/h4,9,13H,2-3,5H2,1H3,(H,14,15). The summed E-state index contributed by atoms with van der Waals surface area (Å²) >= 11 is 0. The van der Waals surface area contributed by atoms with Crippen LogP contribution >= 0.6 is 0 Å². The zero-order valence-corrected chi connectivity index (χ0v) is 11.2. The number of hydrogen-bond donors (Lipinski definition) is 2. The van der Waals surface area contributed by atoms with E-state index in [9.17, 15) is 22.0 Å². The second-order valence-corrected chi connectivity index (χ2v) is 5.44. The van der Waals surface area contributed by atoms with E-state index in [0.717, 1.165) is 6.07 Å². The first-order valence-electron chi connectivity index (χ1n) is 5.43. The van der Waals surface area contributed by atoms with Crippen molar-refractivity contribution in [1.82, 2.24) is 4.72 Å². The molecule has 0 bridgehead atoms. The van der Waals surface area contributed by atoms with Gasteiger partial charge in [-0.2, -0.15) is 0 Å². The van der Waals surface area contributed by atoms with Crippen LogP contribution in [0.2, 0.25) is 0 Å². The molecule has 7 nitrogen and oxygen atoms in total. The summed E-state index contributed by atoms with van der Waals surface area (Å²) in [5.41, 5.74) is 0. The van der Waals surface area contributed by atoms with Crippen LogP contribution in [0, 0.1) is 6.92 Å². The highest BCUT2D eigenvalue weighted by Gasteiger charge is 2.23. The molecule has 0 amide bonds. The van der Waals surface area contributed by atoms with Gasteiger partial charge in [0, 0.05) is 12.6 Å².